The summed E-state index contributed by atoms with van der Waals surface area (Å²) in [6.45, 7) is 7.91. The molecule has 1 aromatic carbocycles. The molecule has 94 valence electrons. The van der Waals surface area contributed by atoms with E-state index in [2.05, 4.69) is 64.8 Å². The fourth-order valence-electron chi connectivity index (χ4n) is 2.31. The number of likely N-dealkylation sites (N-methyl/N-ethyl adjacent to an activating group) is 1. The topological polar surface area (TPSA) is 6.48 Å². The number of rotatable bonds is 2. The molecule has 17 heavy (non-hydrogen) atoms. The summed E-state index contributed by atoms with van der Waals surface area (Å²) < 4.78 is 0. The molecule has 0 aliphatic carbocycles. The molecule has 1 aliphatic heterocycles. The van der Waals surface area contributed by atoms with E-state index in [0.717, 1.165) is 25.0 Å². The number of hydrogen-bond donors (Lipinski definition) is 0. The fraction of sp³-hybridized carbons (Fsp3) is 0.571. The molecule has 2 nitrogen and oxygen atoms in total. The number of anilines is 1. The number of nitrogens with zero attached hydrogens (tertiary/aromatic N) is 2. The molecular formula is C14H21BrN2. The fourth-order valence-corrected chi connectivity index (χ4v) is 2.94. The lowest BCUT2D eigenvalue weighted by Gasteiger charge is -2.39. The van der Waals surface area contributed by atoms with Crippen LogP contribution in [0.2, 0.25) is 0 Å². The molecule has 2 rings (SSSR count). The molecular weight excluding hydrogens is 276 g/mol. The molecule has 0 bridgehead atoms. The van der Waals surface area contributed by atoms with Gasteiger partial charge in [-0.25, -0.2) is 0 Å². The molecule has 3 heteroatoms. The van der Waals surface area contributed by atoms with Crippen molar-refractivity contribution >= 4 is 21.6 Å². The Bertz CT molecular complexity index is 392. The van der Waals surface area contributed by atoms with Crippen LogP contribution in [0.4, 0.5) is 5.69 Å². The third-order valence-corrected chi connectivity index (χ3v) is 4.40. The lowest BCUT2D eigenvalue weighted by Crippen LogP contribution is -2.50. The molecule has 1 unspecified atom stereocenters. The van der Waals surface area contributed by atoms with E-state index in [1.807, 2.05) is 0 Å². The molecule has 0 N–H and O–H groups in total. The first kappa shape index (κ1) is 12.9. The summed E-state index contributed by atoms with van der Waals surface area (Å²) >= 11 is 3.53. The van der Waals surface area contributed by atoms with Crippen molar-refractivity contribution in [2.45, 2.75) is 25.2 Å². The van der Waals surface area contributed by atoms with Gasteiger partial charge >= 0.3 is 0 Å². The predicted molar refractivity (Wildman–Crippen MR) is 78.1 cm³/mol. The van der Waals surface area contributed by atoms with Gasteiger partial charge in [0, 0.05) is 36.7 Å². The molecule has 1 heterocycles. The Balaban J connectivity index is 2.15. The number of alkyl halides is 1. The molecule has 0 amide bonds. The zero-order chi connectivity index (χ0) is 12.4. The maximum Gasteiger partial charge on any atom is 0.0370 e. The Labute approximate surface area is 113 Å². The Morgan fingerprint density at radius 1 is 1.35 bits per heavy atom. The number of halogens is 1. The summed E-state index contributed by atoms with van der Waals surface area (Å²) in [7, 11) is 2.21. The van der Waals surface area contributed by atoms with E-state index >= 15 is 0 Å². The van der Waals surface area contributed by atoms with Crippen LogP contribution in [0.15, 0.2) is 18.2 Å². The van der Waals surface area contributed by atoms with Crippen LogP contribution in [0.1, 0.15) is 18.1 Å². The first-order chi connectivity index (χ1) is 8.11. The lowest BCUT2D eigenvalue weighted by molar-refractivity contribution is 0.234. The zero-order valence-corrected chi connectivity index (χ0v) is 12.5. The molecule has 0 saturated carbocycles. The van der Waals surface area contributed by atoms with Crippen LogP contribution in [0, 0.1) is 6.92 Å². The molecule has 1 aliphatic rings. The largest absolute Gasteiger partial charge is 0.369 e. The van der Waals surface area contributed by atoms with E-state index in [-0.39, 0.29) is 0 Å². The molecule has 0 aromatic heterocycles. The van der Waals surface area contributed by atoms with Gasteiger partial charge < -0.3 is 9.80 Å². The summed E-state index contributed by atoms with van der Waals surface area (Å²) in [6.07, 6.45) is 0. The number of aryl methyl sites for hydroxylation is 1. The SMILES string of the molecule is Cc1cc(N2CCN(C)C(C)C2)ccc1CBr. The van der Waals surface area contributed by atoms with E-state index in [1.54, 1.807) is 0 Å². The highest BCUT2D eigenvalue weighted by Gasteiger charge is 2.20. The van der Waals surface area contributed by atoms with Crippen molar-refractivity contribution in [2.75, 3.05) is 31.6 Å². The molecule has 0 spiro atoms. The third-order valence-electron chi connectivity index (χ3n) is 3.79. The average molecular weight is 297 g/mol. The van der Waals surface area contributed by atoms with E-state index in [1.165, 1.54) is 16.8 Å². The maximum atomic E-state index is 3.53. The van der Waals surface area contributed by atoms with E-state index in [9.17, 15) is 0 Å². The monoisotopic (exact) mass is 296 g/mol. The van der Waals surface area contributed by atoms with Crippen LogP contribution in [0.3, 0.4) is 0 Å². The highest BCUT2D eigenvalue weighted by molar-refractivity contribution is 9.08. The second-order valence-electron chi connectivity index (χ2n) is 5.02. The van der Waals surface area contributed by atoms with Crippen molar-refractivity contribution < 1.29 is 0 Å². The molecule has 0 radical (unpaired) electrons. The molecule has 1 aromatic rings. The van der Waals surface area contributed by atoms with Gasteiger partial charge in [-0.05, 0) is 44.2 Å². The van der Waals surface area contributed by atoms with Gasteiger partial charge in [-0.1, -0.05) is 22.0 Å². The van der Waals surface area contributed by atoms with Gasteiger partial charge in [0.1, 0.15) is 0 Å². The van der Waals surface area contributed by atoms with Crippen molar-refractivity contribution in [2.24, 2.45) is 0 Å². The van der Waals surface area contributed by atoms with Gasteiger partial charge in [0.2, 0.25) is 0 Å². The first-order valence-electron chi connectivity index (χ1n) is 6.22. The minimum Gasteiger partial charge on any atom is -0.369 e. The van der Waals surface area contributed by atoms with Crippen molar-refractivity contribution in [3.8, 4) is 0 Å². The maximum absolute atomic E-state index is 3.53. The Kier molecular flexibility index (Phi) is 4.10. The first-order valence-corrected chi connectivity index (χ1v) is 7.34. The minimum absolute atomic E-state index is 0.639. The number of benzene rings is 1. The van der Waals surface area contributed by atoms with Gasteiger partial charge in [0.15, 0.2) is 0 Å². The van der Waals surface area contributed by atoms with Gasteiger partial charge in [0.25, 0.3) is 0 Å². The van der Waals surface area contributed by atoms with E-state index < -0.39 is 0 Å². The second kappa shape index (κ2) is 5.40. The van der Waals surface area contributed by atoms with Crippen molar-refractivity contribution in [1.82, 2.24) is 4.90 Å². The normalized spacial score (nSPS) is 21.9. The summed E-state index contributed by atoms with van der Waals surface area (Å²) in [5.41, 5.74) is 4.13. The Hall–Kier alpha value is -0.540. The summed E-state index contributed by atoms with van der Waals surface area (Å²) in [5.74, 6) is 0. The van der Waals surface area contributed by atoms with Crippen molar-refractivity contribution in [1.29, 1.82) is 0 Å². The highest BCUT2D eigenvalue weighted by atomic mass is 79.9. The average Bonchev–Trinajstić information content (AvgIpc) is 2.32. The number of piperazine rings is 1. The number of hydrogen-bond acceptors (Lipinski definition) is 2. The third kappa shape index (κ3) is 2.83. The standard InChI is InChI=1S/C14H21BrN2/c1-11-8-14(5-4-13(11)9-15)17-7-6-16(3)12(2)10-17/h4-5,8,12H,6-7,9-10H2,1-3H3. The molecule has 1 saturated heterocycles. The molecule has 1 atom stereocenters. The molecule has 1 fully saturated rings. The summed E-state index contributed by atoms with van der Waals surface area (Å²) in [4.78, 5) is 4.92. The van der Waals surface area contributed by atoms with Crippen LogP contribution in [0.5, 0.6) is 0 Å². The zero-order valence-electron chi connectivity index (χ0n) is 10.9. The highest BCUT2D eigenvalue weighted by Crippen LogP contribution is 2.23. The van der Waals surface area contributed by atoms with E-state index in [0.29, 0.717) is 6.04 Å². The van der Waals surface area contributed by atoms with Crippen LogP contribution in [-0.2, 0) is 5.33 Å². The summed E-state index contributed by atoms with van der Waals surface area (Å²) in [5, 5.41) is 0.943. The van der Waals surface area contributed by atoms with Crippen LogP contribution >= 0.6 is 15.9 Å². The Morgan fingerprint density at radius 3 is 2.71 bits per heavy atom. The lowest BCUT2D eigenvalue weighted by atomic mass is 10.1. The van der Waals surface area contributed by atoms with Gasteiger partial charge in [-0.3, -0.25) is 0 Å². The van der Waals surface area contributed by atoms with Crippen molar-refractivity contribution in [3.63, 3.8) is 0 Å². The van der Waals surface area contributed by atoms with Crippen molar-refractivity contribution in [3.05, 3.63) is 29.3 Å². The second-order valence-corrected chi connectivity index (χ2v) is 5.58. The predicted octanol–water partition coefficient (Wildman–Crippen LogP) is 3.03. The summed E-state index contributed by atoms with van der Waals surface area (Å²) in [6, 6.07) is 7.44. The van der Waals surface area contributed by atoms with Crippen LogP contribution in [0.25, 0.3) is 0 Å². The smallest absolute Gasteiger partial charge is 0.0370 e. The van der Waals surface area contributed by atoms with Crippen LogP contribution < -0.4 is 4.90 Å². The van der Waals surface area contributed by atoms with Gasteiger partial charge in [-0.2, -0.15) is 0 Å². The van der Waals surface area contributed by atoms with E-state index in [4.69, 9.17) is 0 Å². The minimum atomic E-state index is 0.639. The van der Waals surface area contributed by atoms with Gasteiger partial charge in [-0.15, -0.1) is 0 Å². The van der Waals surface area contributed by atoms with Gasteiger partial charge in [0.05, 0.1) is 0 Å². The Morgan fingerprint density at radius 2 is 2.12 bits per heavy atom. The quantitative estimate of drug-likeness (QED) is 0.774. The van der Waals surface area contributed by atoms with Crippen LogP contribution in [-0.4, -0.2) is 37.6 Å².